The highest BCUT2D eigenvalue weighted by Gasteiger charge is 2.37. The van der Waals surface area contributed by atoms with Crippen LogP contribution in [-0.4, -0.2) is 35.2 Å². The number of nitrogens with zero attached hydrogens (tertiary/aromatic N) is 1. The molecule has 0 saturated heterocycles. The molecule has 5 rings (SSSR count). The number of aromatic nitrogens is 1. The molecule has 1 heterocycles. The molecule has 0 radical (unpaired) electrons. The summed E-state index contributed by atoms with van der Waals surface area (Å²) in [5.74, 6) is -0.229. The van der Waals surface area contributed by atoms with Crippen LogP contribution in [0.15, 0.2) is 79.0 Å². The van der Waals surface area contributed by atoms with Gasteiger partial charge in [-0.1, -0.05) is 67.8 Å². The van der Waals surface area contributed by atoms with E-state index in [0.29, 0.717) is 29.2 Å². The molecule has 1 unspecified atom stereocenters. The average molecular weight is 552 g/mol. The van der Waals surface area contributed by atoms with Crippen molar-refractivity contribution < 1.29 is 19.1 Å². The number of fused-ring (bicyclic) bond motifs is 1. The molecule has 1 aromatic heterocycles. The number of ketones is 1. The van der Waals surface area contributed by atoms with Crippen molar-refractivity contribution in [2.24, 2.45) is 0 Å². The number of carbonyl (C=O) groups is 3. The summed E-state index contributed by atoms with van der Waals surface area (Å²) in [7, 11) is 0. The van der Waals surface area contributed by atoms with Gasteiger partial charge in [0, 0.05) is 34.3 Å². The lowest BCUT2D eigenvalue weighted by molar-refractivity contribution is -0.127. The molecule has 7 nitrogen and oxygen atoms in total. The van der Waals surface area contributed by atoms with Gasteiger partial charge in [-0.05, 0) is 56.5 Å². The molecular formula is C34H37N3O4. The highest BCUT2D eigenvalue weighted by molar-refractivity contribution is 6.09. The Bertz CT molecular complexity index is 1540. The SMILES string of the molecule is CCOc1ccccc1C(C(=O)NC1CCCCC1)N(C(=O)Cc1c[nH]c2ccccc12)c1ccccc1C(C)=O. The number of H-pyrrole nitrogens is 1. The van der Waals surface area contributed by atoms with E-state index in [1.54, 1.807) is 24.3 Å². The molecule has 4 aromatic rings. The maximum absolute atomic E-state index is 14.5. The predicted octanol–water partition coefficient (Wildman–Crippen LogP) is 6.54. The smallest absolute Gasteiger partial charge is 0.248 e. The number of carbonyl (C=O) groups excluding carboxylic acids is 3. The number of para-hydroxylation sites is 3. The standard InChI is InChI=1S/C34H37N3O4/c1-3-41-31-20-12-9-17-28(31)33(34(40)36-25-13-5-4-6-14-25)37(30-19-11-8-15-26(30)23(2)38)32(39)21-24-22-35-29-18-10-7-16-27(24)29/h7-12,15-20,22,25,33,35H,3-6,13-14,21H2,1-2H3,(H,36,40). The van der Waals surface area contributed by atoms with Gasteiger partial charge in [0.2, 0.25) is 11.8 Å². The lowest BCUT2D eigenvalue weighted by atomic mass is 9.94. The summed E-state index contributed by atoms with van der Waals surface area (Å²) in [5, 5.41) is 4.19. The van der Waals surface area contributed by atoms with Crippen molar-refractivity contribution in [2.75, 3.05) is 11.5 Å². The quantitative estimate of drug-likeness (QED) is 0.219. The highest BCUT2D eigenvalue weighted by Crippen LogP contribution is 2.36. The van der Waals surface area contributed by atoms with Gasteiger partial charge in [0.25, 0.3) is 0 Å². The molecule has 1 atom stereocenters. The van der Waals surface area contributed by atoms with Gasteiger partial charge in [-0.25, -0.2) is 0 Å². The van der Waals surface area contributed by atoms with Crippen LogP contribution in [0.1, 0.15) is 73.5 Å². The fourth-order valence-electron chi connectivity index (χ4n) is 5.84. The number of amides is 2. The average Bonchev–Trinajstić information content (AvgIpc) is 3.39. The zero-order chi connectivity index (χ0) is 28.8. The topological polar surface area (TPSA) is 91.5 Å². The molecule has 1 saturated carbocycles. The minimum Gasteiger partial charge on any atom is -0.493 e. The Kier molecular flexibility index (Phi) is 8.82. The first-order chi connectivity index (χ1) is 20.0. The number of hydrogen-bond acceptors (Lipinski definition) is 4. The molecule has 1 fully saturated rings. The molecule has 1 aliphatic carbocycles. The van der Waals surface area contributed by atoms with Gasteiger partial charge in [-0.15, -0.1) is 0 Å². The third-order valence-electron chi connectivity index (χ3n) is 7.80. The van der Waals surface area contributed by atoms with E-state index in [0.717, 1.165) is 48.6 Å². The number of ether oxygens (including phenoxy) is 1. The lowest BCUT2D eigenvalue weighted by Gasteiger charge is -2.35. The van der Waals surface area contributed by atoms with E-state index < -0.39 is 6.04 Å². The second-order valence-corrected chi connectivity index (χ2v) is 10.6. The van der Waals surface area contributed by atoms with Crippen molar-refractivity contribution in [3.63, 3.8) is 0 Å². The van der Waals surface area contributed by atoms with Crippen LogP contribution >= 0.6 is 0 Å². The number of Topliss-reactive ketones (excluding diaryl/α,β-unsaturated/α-hetero) is 1. The second-order valence-electron chi connectivity index (χ2n) is 10.6. The van der Waals surface area contributed by atoms with Crippen LogP contribution in [0.2, 0.25) is 0 Å². The van der Waals surface area contributed by atoms with Crippen LogP contribution in [-0.2, 0) is 16.0 Å². The first-order valence-electron chi connectivity index (χ1n) is 14.5. The van der Waals surface area contributed by atoms with Crippen LogP contribution in [0.5, 0.6) is 5.75 Å². The van der Waals surface area contributed by atoms with Crippen LogP contribution in [0.25, 0.3) is 10.9 Å². The van der Waals surface area contributed by atoms with Crippen molar-refractivity contribution in [1.29, 1.82) is 0 Å². The molecule has 2 amide bonds. The summed E-state index contributed by atoms with van der Waals surface area (Å²) in [4.78, 5) is 46.4. The third-order valence-corrected chi connectivity index (χ3v) is 7.80. The van der Waals surface area contributed by atoms with Crippen molar-refractivity contribution >= 4 is 34.2 Å². The number of rotatable bonds is 10. The summed E-state index contributed by atoms with van der Waals surface area (Å²) < 4.78 is 5.98. The Morgan fingerprint density at radius 1 is 0.951 bits per heavy atom. The second kappa shape index (κ2) is 12.9. The predicted molar refractivity (Wildman–Crippen MR) is 161 cm³/mol. The largest absolute Gasteiger partial charge is 0.493 e. The van der Waals surface area contributed by atoms with Crippen LogP contribution in [0, 0.1) is 0 Å². The third kappa shape index (κ3) is 6.19. The molecule has 3 aromatic carbocycles. The van der Waals surface area contributed by atoms with Gasteiger partial charge < -0.3 is 15.0 Å². The zero-order valence-corrected chi connectivity index (χ0v) is 23.7. The number of anilines is 1. The van der Waals surface area contributed by atoms with Crippen molar-refractivity contribution in [1.82, 2.24) is 10.3 Å². The zero-order valence-electron chi connectivity index (χ0n) is 23.7. The molecule has 0 spiro atoms. The van der Waals surface area contributed by atoms with Gasteiger partial charge in [0.15, 0.2) is 5.78 Å². The van der Waals surface area contributed by atoms with Crippen LogP contribution in [0.3, 0.4) is 0 Å². The van der Waals surface area contributed by atoms with E-state index in [-0.39, 0.29) is 30.1 Å². The lowest BCUT2D eigenvalue weighted by Crippen LogP contribution is -2.48. The minimum atomic E-state index is -1.04. The van der Waals surface area contributed by atoms with Crippen molar-refractivity contribution in [2.45, 2.75) is 64.5 Å². The summed E-state index contributed by atoms with van der Waals surface area (Å²) in [6.45, 7) is 3.77. The highest BCUT2D eigenvalue weighted by atomic mass is 16.5. The number of nitrogens with one attached hydrogen (secondary N) is 2. The minimum absolute atomic E-state index is 0.0339. The van der Waals surface area contributed by atoms with E-state index in [2.05, 4.69) is 10.3 Å². The summed E-state index contributed by atoms with van der Waals surface area (Å²) in [6, 6.07) is 21.2. The first kappa shape index (κ1) is 28.1. The fourth-order valence-corrected chi connectivity index (χ4v) is 5.84. The molecule has 1 aliphatic rings. The Balaban J connectivity index is 1.65. The molecule has 0 bridgehead atoms. The Labute approximate surface area is 240 Å². The molecule has 2 N–H and O–H groups in total. The van der Waals surface area contributed by atoms with Crippen molar-refractivity contribution in [3.8, 4) is 5.75 Å². The van der Waals surface area contributed by atoms with Crippen LogP contribution in [0.4, 0.5) is 5.69 Å². The van der Waals surface area contributed by atoms with Gasteiger partial charge in [0.05, 0.1) is 18.7 Å². The van der Waals surface area contributed by atoms with Gasteiger partial charge in [0.1, 0.15) is 11.8 Å². The number of benzene rings is 3. The molecular weight excluding hydrogens is 514 g/mol. The molecule has 212 valence electrons. The maximum Gasteiger partial charge on any atom is 0.248 e. The fraction of sp³-hybridized carbons (Fsp3) is 0.324. The van der Waals surface area contributed by atoms with E-state index in [1.807, 2.05) is 61.7 Å². The van der Waals surface area contributed by atoms with E-state index >= 15 is 0 Å². The van der Waals surface area contributed by atoms with E-state index in [1.165, 1.54) is 11.8 Å². The molecule has 0 aliphatic heterocycles. The monoisotopic (exact) mass is 551 g/mol. The molecule has 7 heteroatoms. The van der Waals surface area contributed by atoms with E-state index in [9.17, 15) is 14.4 Å². The van der Waals surface area contributed by atoms with E-state index in [4.69, 9.17) is 4.74 Å². The maximum atomic E-state index is 14.5. The number of hydrogen-bond donors (Lipinski definition) is 2. The van der Waals surface area contributed by atoms with Crippen LogP contribution < -0.4 is 15.0 Å². The van der Waals surface area contributed by atoms with Gasteiger partial charge >= 0.3 is 0 Å². The van der Waals surface area contributed by atoms with Gasteiger partial charge in [-0.3, -0.25) is 19.3 Å². The summed E-state index contributed by atoms with van der Waals surface area (Å²) >= 11 is 0. The first-order valence-corrected chi connectivity index (χ1v) is 14.5. The van der Waals surface area contributed by atoms with Crippen molar-refractivity contribution in [3.05, 3.63) is 95.7 Å². The number of aromatic amines is 1. The summed E-state index contributed by atoms with van der Waals surface area (Å²) in [5.41, 5.74) is 3.11. The Morgan fingerprint density at radius 2 is 1.66 bits per heavy atom. The Morgan fingerprint density at radius 3 is 2.44 bits per heavy atom. The van der Waals surface area contributed by atoms with Gasteiger partial charge in [-0.2, -0.15) is 0 Å². The Hall–Kier alpha value is -4.39. The summed E-state index contributed by atoms with van der Waals surface area (Å²) in [6.07, 6.45) is 6.95. The molecule has 41 heavy (non-hydrogen) atoms. The normalized spacial score (nSPS) is 14.4.